The summed E-state index contributed by atoms with van der Waals surface area (Å²) in [5.74, 6) is -0.771. The molecule has 3 nitrogen and oxygen atoms in total. The summed E-state index contributed by atoms with van der Waals surface area (Å²) in [4.78, 5) is 14.1. The van der Waals surface area contributed by atoms with Gasteiger partial charge < -0.3 is 10.4 Å². The standard InChI is InChI=1S/C14H17NO2S2/c1-10(7-11-3-2-6-18-11)15-9-13-5-4-12(19-13)8-14(16)17/h2-6,10,15H,7-9H2,1H3,(H,16,17). The lowest BCUT2D eigenvalue weighted by atomic mass is 10.2. The third kappa shape index (κ3) is 4.78. The van der Waals surface area contributed by atoms with Crippen molar-refractivity contribution in [3.63, 3.8) is 0 Å². The first-order valence-corrected chi connectivity index (χ1v) is 7.88. The lowest BCUT2D eigenvalue weighted by Crippen LogP contribution is -2.26. The molecule has 2 rings (SSSR count). The molecule has 1 atom stereocenters. The predicted molar refractivity (Wildman–Crippen MR) is 80.0 cm³/mol. The molecule has 0 fully saturated rings. The second kappa shape index (κ2) is 6.84. The van der Waals surface area contributed by atoms with E-state index in [-0.39, 0.29) is 6.42 Å². The van der Waals surface area contributed by atoms with Crippen LogP contribution in [0.2, 0.25) is 0 Å². The van der Waals surface area contributed by atoms with E-state index in [0.717, 1.165) is 17.8 Å². The molecule has 0 aliphatic carbocycles. The van der Waals surface area contributed by atoms with E-state index in [1.807, 2.05) is 12.1 Å². The Hall–Kier alpha value is -1.17. The van der Waals surface area contributed by atoms with Gasteiger partial charge in [0, 0.05) is 27.2 Å². The van der Waals surface area contributed by atoms with Crippen LogP contribution in [0.5, 0.6) is 0 Å². The Bertz CT molecular complexity index is 519. The highest BCUT2D eigenvalue weighted by molar-refractivity contribution is 7.12. The van der Waals surface area contributed by atoms with Gasteiger partial charge in [0.2, 0.25) is 0 Å². The van der Waals surface area contributed by atoms with Gasteiger partial charge in [0.05, 0.1) is 6.42 Å². The van der Waals surface area contributed by atoms with Crippen LogP contribution in [0.15, 0.2) is 29.6 Å². The molecule has 1 unspecified atom stereocenters. The fourth-order valence-electron chi connectivity index (χ4n) is 1.84. The minimum atomic E-state index is -0.771. The average molecular weight is 295 g/mol. The number of rotatable bonds is 7. The second-order valence-corrected chi connectivity index (χ2v) is 6.79. The summed E-state index contributed by atoms with van der Waals surface area (Å²) >= 11 is 3.35. The zero-order valence-corrected chi connectivity index (χ0v) is 12.4. The van der Waals surface area contributed by atoms with Crippen molar-refractivity contribution >= 4 is 28.6 Å². The lowest BCUT2D eigenvalue weighted by Gasteiger charge is -2.11. The molecule has 5 heteroatoms. The maximum absolute atomic E-state index is 10.6. The van der Waals surface area contributed by atoms with Crippen molar-refractivity contribution < 1.29 is 9.90 Å². The van der Waals surface area contributed by atoms with Crippen molar-refractivity contribution in [3.8, 4) is 0 Å². The first-order valence-electron chi connectivity index (χ1n) is 6.18. The lowest BCUT2D eigenvalue weighted by molar-refractivity contribution is -0.136. The third-order valence-corrected chi connectivity index (χ3v) is 4.74. The van der Waals surface area contributed by atoms with Gasteiger partial charge in [-0.15, -0.1) is 22.7 Å². The van der Waals surface area contributed by atoms with Crippen LogP contribution in [0.25, 0.3) is 0 Å². The minimum absolute atomic E-state index is 0.120. The summed E-state index contributed by atoms with van der Waals surface area (Å²) in [6.07, 6.45) is 1.15. The van der Waals surface area contributed by atoms with E-state index in [0.29, 0.717) is 6.04 Å². The quantitative estimate of drug-likeness (QED) is 0.825. The molecule has 0 bridgehead atoms. The Morgan fingerprint density at radius 1 is 1.32 bits per heavy atom. The maximum Gasteiger partial charge on any atom is 0.308 e. The van der Waals surface area contributed by atoms with Crippen LogP contribution in [-0.2, 0) is 24.2 Å². The Balaban J connectivity index is 1.78. The average Bonchev–Trinajstić information content (AvgIpc) is 2.97. The molecule has 19 heavy (non-hydrogen) atoms. The molecule has 0 spiro atoms. The zero-order valence-electron chi connectivity index (χ0n) is 10.8. The van der Waals surface area contributed by atoms with E-state index in [1.165, 1.54) is 9.75 Å². The zero-order chi connectivity index (χ0) is 13.7. The van der Waals surface area contributed by atoms with Gasteiger partial charge in [0.1, 0.15) is 0 Å². The molecule has 2 aromatic rings. The Morgan fingerprint density at radius 2 is 2.11 bits per heavy atom. The van der Waals surface area contributed by atoms with Crippen molar-refractivity contribution in [1.29, 1.82) is 0 Å². The molecular formula is C14H17NO2S2. The molecule has 0 saturated heterocycles. The van der Waals surface area contributed by atoms with Crippen LogP contribution in [-0.4, -0.2) is 17.1 Å². The van der Waals surface area contributed by atoms with E-state index in [4.69, 9.17) is 5.11 Å². The Morgan fingerprint density at radius 3 is 2.79 bits per heavy atom. The number of hydrogen-bond acceptors (Lipinski definition) is 4. The smallest absolute Gasteiger partial charge is 0.308 e. The topological polar surface area (TPSA) is 49.3 Å². The largest absolute Gasteiger partial charge is 0.481 e. The van der Waals surface area contributed by atoms with Crippen molar-refractivity contribution in [3.05, 3.63) is 44.3 Å². The van der Waals surface area contributed by atoms with Gasteiger partial charge in [-0.1, -0.05) is 6.07 Å². The summed E-state index contributed by atoms with van der Waals surface area (Å²) in [6.45, 7) is 2.97. The highest BCUT2D eigenvalue weighted by Gasteiger charge is 2.07. The molecule has 0 aliphatic heterocycles. The van der Waals surface area contributed by atoms with E-state index >= 15 is 0 Å². The molecule has 0 aromatic carbocycles. The van der Waals surface area contributed by atoms with Crippen molar-refractivity contribution in [2.45, 2.75) is 32.4 Å². The minimum Gasteiger partial charge on any atom is -0.481 e. The fraction of sp³-hybridized carbons (Fsp3) is 0.357. The van der Waals surface area contributed by atoms with Gasteiger partial charge in [0.25, 0.3) is 0 Å². The number of aliphatic carboxylic acids is 1. The number of carbonyl (C=O) groups is 1. The van der Waals surface area contributed by atoms with Gasteiger partial charge >= 0.3 is 5.97 Å². The van der Waals surface area contributed by atoms with Gasteiger partial charge in [-0.2, -0.15) is 0 Å². The molecule has 0 amide bonds. The highest BCUT2D eigenvalue weighted by atomic mass is 32.1. The molecule has 2 heterocycles. The van der Waals surface area contributed by atoms with Crippen molar-refractivity contribution in [2.75, 3.05) is 0 Å². The van der Waals surface area contributed by atoms with Gasteiger partial charge in [-0.25, -0.2) is 0 Å². The maximum atomic E-state index is 10.6. The van der Waals surface area contributed by atoms with Crippen LogP contribution >= 0.6 is 22.7 Å². The van der Waals surface area contributed by atoms with Gasteiger partial charge in [-0.05, 0) is 36.9 Å². The molecule has 0 saturated carbocycles. The number of carboxylic acid groups (broad SMARTS) is 1. The van der Waals surface area contributed by atoms with E-state index in [1.54, 1.807) is 22.7 Å². The van der Waals surface area contributed by atoms with E-state index in [2.05, 4.69) is 29.8 Å². The van der Waals surface area contributed by atoms with Crippen LogP contribution in [0, 0.1) is 0 Å². The SMILES string of the molecule is CC(Cc1cccs1)NCc1ccc(CC(=O)O)s1. The van der Waals surface area contributed by atoms with Crippen molar-refractivity contribution in [2.24, 2.45) is 0 Å². The Labute approximate surface area is 120 Å². The number of nitrogens with one attached hydrogen (secondary N) is 1. The number of carboxylic acids is 1. The highest BCUT2D eigenvalue weighted by Crippen LogP contribution is 2.17. The summed E-state index contributed by atoms with van der Waals surface area (Å²) in [5.41, 5.74) is 0. The van der Waals surface area contributed by atoms with Crippen LogP contribution in [0.3, 0.4) is 0 Å². The third-order valence-electron chi connectivity index (χ3n) is 2.75. The molecule has 2 N–H and O–H groups in total. The molecule has 2 aromatic heterocycles. The van der Waals surface area contributed by atoms with Crippen LogP contribution in [0.4, 0.5) is 0 Å². The first kappa shape index (κ1) is 14.2. The second-order valence-electron chi connectivity index (χ2n) is 4.50. The monoisotopic (exact) mass is 295 g/mol. The van der Waals surface area contributed by atoms with E-state index < -0.39 is 5.97 Å². The van der Waals surface area contributed by atoms with Crippen LogP contribution < -0.4 is 5.32 Å². The normalized spacial score (nSPS) is 12.5. The fourth-order valence-corrected chi connectivity index (χ4v) is 3.63. The van der Waals surface area contributed by atoms with Crippen LogP contribution in [0.1, 0.15) is 21.6 Å². The van der Waals surface area contributed by atoms with E-state index in [9.17, 15) is 4.79 Å². The van der Waals surface area contributed by atoms with Gasteiger partial charge in [0.15, 0.2) is 0 Å². The van der Waals surface area contributed by atoms with Crippen molar-refractivity contribution in [1.82, 2.24) is 5.32 Å². The number of hydrogen-bond donors (Lipinski definition) is 2. The molecule has 102 valence electrons. The molecule has 0 radical (unpaired) electrons. The summed E-state index contributed by atoms with van der Waals surface area (Å²) in [5, 5.41) is 14.3. The Kier molecular flexibility index (Phi) is 5.13. The molecule has 0 aliphatic rings. The van der Waals surface area contributed by atoms with Gasteiger partial charge in [-0.3, -0.25) is 4.79 Å². The predicted octanol–water partition coefficient (Wildman–Crippen LogP) is 3.16. The first-order chi connectivity index (χ1) is 9.13. The summed E-state index contributed by atoms with van der Waals surface area (Å²) in [6, 6.07) is 8.56. The molecular weight excluding hydrogens is 278 g/mol. The summed E-state index contributed by atoms with van der Waals surface area (Å²) in [7, 11) is 0. The number of thiophene rings is 2. The summed E-state index contributed by atoms with van der Waals surface area (Å²) < 4.78 is 0.